The maximum Gasteiger partial charge on any atom is 0.0602 e. The lowest BCUT2D eigenvalue weighted by Crippen LogP contribution is -2.46. The molecule has 2 aromatic carbocycles. The first kappa shape index (κ1) is 16.0. The molecule has 3 rings (SSSR count). The van der Waals surface area contributed by atoms with Gasteiger partial charge < -0.3 is 9.80 Å². The molecule has 3 nitrogen and oxygen atoms in total. The lowest BCUT2D eigenvalue weighted by atomic mass is 9.96. The van der Waals surface area contributed by atoms with Crippen LogP contribution in [0.5, 0.6) is 0 Å². The highest BCUT2D eigenvalue weighted by atomic mass is 15.3. The third kappa shape index (κ3) is 3.74. The van der Waals surface area contributed by atoms with Crippen molar-refractivity contribution in [3.8, 4) is 0 Å². The molecule has 122 valence electrons. The van der Waals surface area contributed by atoms with Crippen LogP contribution in [-0.2, 0) is 0 Å². The van der Waals surface area contributed by atoms with Crippen LogP contribution in [0.3, 0.4) is 0 Å². The van der Waals surface area contributed by atoms with E-state index in [-0.39, 0.29) is 0 Å². The average Bonchev–Trinajstić information content (AvgIpc) is 2.58. The summed E-state index contributed by atoms with van der Waals surface area (Å²) in [6.07, 6.45) is 0. The van der Waals surface area contributed by atoms with E-state index in [9.17, 15) is 0 Å². The zero-order chi connectivity index (χ0) is 16.2. The van der Waals surface area contributed by atoms with Crippen LogP contribution in [-0.4, -0.2) is 57.1 Å². The fourth-order valence-corrected chi connectivity index (χ4v) is 3.28. The van der Waals surface area contributed by atoms with Crippen LogP contribution in [0.1, 0.15) is 17.2 Å². The number of nitrogens with zero attached hydrogens (tertiary/aromatic N) is 3. The molecule has 1 atom stereocenters. The summed E-state index contributed by atoms with van der Waals surface area (Å²) >= 11 is 0. The van der Waals surface area contributed by atoms with Crippen molar-refractivity contribution >= 4 is 5.69 Å². The topological polar surface area (TPSA) is 9.72 Å². The van der Waals surface area contributed by atoms with Crippen LogP contribution >= 0.6 is 0 Å². The number of likely N-dealkylation sites (N-methyl/N-ethyl adjacent to an activating group) is 1. The molecule has 0 amide bonds. The van der Waals surface area contributed by atoms with Crippen LogP contribution in [0.25, 0.3) is 0 Å². The van der Waals surface area contributed by atoms with Gasteiger partial charge in [0, 0.05) is 46.0 Å². The standard InChI is InChI=1S/C20H27N3/c1-21(2)19-11-9-18(10-12-19)20(17-7-5-4-6-8-17)23-15-13-22(3)14-16-23/h4-12,20H,13-16H2,1-3H3. The Balaban J connectivity index is 1.91. The fraction of sp³-hybridized carbons (Fsp3) is 0.400. The Morgan fingerprint density at radius 3 is 1.91 bits per heavy atom. The van der Waals surface area contributed by atoms with E-state index in [4.69, 9.17) is 0 Å². The number of anilines is 1. The van der Waals surface area contributed by atoms with Gasteiger partial charge in [-0.25, -0.2) is 0 Å². The molecule has 0 aliphatic carbocycles. The molecule has 0 bridgehead atoms. The molecular formula is C20H27N3. The summed E-state index contributed by atoms with van der Waals surface area (Å²) < 4.78 is 0. The Morgan fingerprint density at radius 2 is 1.35 bits per heavy atom. The maximum absolute atomic E-state index is 2.61. The molecule has 0 spiro atoms. The molecule has 1 aliphatic heterocycles. The zero-order valence-corrected chi connectivity index (χ0v) is 14.4. The van der Waals surface area contributed by atoms with Gasteiger partial charge in [-0.3, -0.25) is 4.90 Å². The third-order valence-corrected chi connectivity index (χ3v) is 4.74. The molecule has 0 saturated carbocycles. The van der Waals surface area contributed by atoms with E-state index in [2.05, 4.69) is 90.4 Å². The van der Waals surface area contributed by atoms with E-state index < -0.39 is 0 Å². The predicted molar refractivity (Wildman–Crippen MR) is 98.1 cm³/mol. The van der Waals surface area contributed by atoms with E-state index in [1.807, 2.05) is 0 Å². The minimum Gasteiger partial charge on any atom is -0.378 e. The first-order valence-electron chi connectivity index (χ1n) is 8.40. The fourth-order valence-electron chi connectivity index (χ4n) is 3.28. The van der Waals surface area contributed by atoms with Gasteiger partial charge in [-0.1, -0.05) is 42.5 Å². The molecule has 3 heteroatoms. The van der Waals surface area contributed by atoms with Gasteiger partial charge >= 0.3 is 0 Å². The van der Waals surface area contributed by atoms with Gasteiger partial charge in [0.05, 0.1) is 6.04 Å². The largest absolute Gasteiger partial charge is 0.378 e. The molecule has 0 radical (unpaired) electrons. The second-order valence-electron chi connectivity index (χ2n) is 6.64. The minimum absolute atomic E-state index is 0.348. The summed E-state index contributed by atoms with van der Waals surface area (Å²) in [7, 11) is 6.38. The van der Waals surface area contributed by atoms with Gasteiger partial charge in [0.15, 0.2) is 0 Å². The Kier molecular flexibility index (Phi) is 4.99. The number of piperazine rings is 1. The smallest absolute Gasteiger partial charge is 0.0602 e. The quantitative estimate of drug-likeness (QED) is 0.859. The molecule has 2 aromatic rings. The van der Waals surface area contributed by atoms with Gasteiger partial charge in [0.2, 0.25) is 0 Å². The number of benzene rings is 2. The number of hydrogen-bond acceptors (Lipinski definition) is 3. The van der Waals surface area contributed by atoms with Crippen molar-refractivity contribution in [2.45, 2.75) is 6.04 Å². The van der Waals surface area contributed by atoms with Crippen molar-refractivity contribution in [2.75, 3.05) is 52.2 Å². The molecule has 0 aromatic heterocycles. The third-order valence-electron chi connectivity index (χ3n) is 4.74. The highest BCUT2D eigenvalue weighted by Crippen LogP contribution is 2.30. The molecule has 1 aliphatic rings. The number of hydrogen-bond donors (Lipinski definition) is 0. The van der Waals surface area contributed by atoms with Crippen molar-refractivity contribution in [2.24, 2.45) is 0 Å². The van der Waals surface area contributed by atoms with E-state index >= 15 is 0 Å². The van der Waals surface area contributed by atoms with Crippen LogP contribution in [0.2, 0.25) is 0 Å². The second-order valence-corrected chi connectivity index (χ2v) is 6.64. The second kappa shape index (κ2) is 7.16. The molecule has 1 heterocycles. The van der Waals surface area contributed by atoms with Crippen molar-refractivity contribution < 1.29 is 0 Å². The molecular weight excluding hydrogens is 282 g/mol. The Bertz CT molecular complexity index is 599. The van der Waals surface area contributed by atoms with E-state index in [1.165, 1.54) is 16.8 Å². The Labute approximate surface area is 140 Å². The first-order valence-corrected chi connectivity index (χ1v) is 8.40. The molecule has 1 fully saturated rings. The van der Waals surface area contributed by atoms with Crippen LogP contribution < -0.4 is 4.90 Å². The van der Waals surface area contributed by atoms with E-state index in [0.29, 0.717) is 6.04 Å². The highest BCUT2D eigenvalue weighted by Gasteiger charge is 2.25. The van der Waals surface area contributed by atoms with Gasteiger partial charge in [0.25, 0.3) is 0 Å². The average molecular weight is 309 g/mol. The lowest BCUT2D eigenvalue weighted by Gasteiger charge is -2.38. The SMILES string of the molecule is CN1CCN(C(c2ccccc2)c2ccc(N(C)C)cc2)CC1. The molecule has 0 N–H and O–H groups in total. The molecule has 1 saturated heterocycles. The van der Waals surface area contributed by atoms with Crippen molar-refractivity contribution in [3.05, 3.63) is 65.7 Å². The van der Waals surface area contributed by atoms with Crippen molar-refractivity contribution in [1.82, 2.24) is 9.80 Å². The zero-order valence-electron chi connectivity index (χ0n) is 14.4. The molecule has 1 unspecified atom stereocenters. The van der Waals surface area contributed by atoms with Crippen LogP contribution in [0, 0.1) is 0 Å². The Hall–Kier alpha value is -1.84. The normalized spacial score (nSPS) is 17.9. The van der Waals surface area contributed by atoms with E-state index in [1.54, 1.807) is 0 Å². The molecule has 23 heavy (non-hydrogen) atoms. The van der Waals surface area contributed by atoms with Gasteiger partial charge in [0.1, 0.15) is 0 Å². The van der Waals surface area contributed by atoms with Crippen molar-refractivity contribution in [3.63, 3.8) is 0 Å². The van der Waals surface area contributed by atoms with E-state index in [0.717, 1.165) is 26.2 Å². The summed E-state index contributed by atoms with van der Waals surface area (Å²) in [5.74, 6) is 0. The van der Waals surface area contributed by atoms with Crippen molar-refractivity contribution in [1.29, 1.82) is 0 Å². The highest BCUT2D eigenvalue weighted by molar-refractivity contribution is 5.47. The van der Waals surface area contributed by atoms with Crippen LogP contribution in [0.4, 0.5) is 5.69 Å². The Morgan fingerprint density at radius 1 is 0.783 bits per heavy atom. The maximum atomic E-state index is 2.61. The van der Waals surface area contributed by atoms with Crippen LogP contribution in [0.15, 0.2) is 54.6 Å². The summed E-state index contributed by atoms with van der Waals surface area (Å²) in [5.41, 5.74) is 4.01. The van der Waals surface area contributed by atoms with Gasteiger partial charge in [-0.2, -0.15) is 0 Å². The summed E-state index contributed by atoms with van der Waals surface area (Å²) in [4.78, 5) is 7.17. The summed E-state index contributed by atoms with van der Waals surface area (Å²) in [6.45, 7) is 4.51. The van der Waals surface area contributed by atoms with Gasteiger partial charge in [-0.05, 0) is 30.3 Å². The monoisotopic (exact) mass is 309 g/mol. The number of rotatable bonds is 4. The first-order chi connectivity index (χ1) is 11.1. The predicted octanol–water partition coefficient (Wildman–Crippen LogP) is 3.09. The van der Waals surface area contributed by atoms with Gasteiger partial charge in [-0.15, -0.1) is 0 Å². The lowest BCUT2D eigenvalue weighted by molar-refractivity contribution is 0.127. The summed E-state index contributed by atoms with van der Waals surface area (Å²) in [5, 5.41) is 0. The summed E-state index contributed by atoms with van der Waals surface area (Å²) in [6, 6.07) is 20.3. The minimum atomic E-state index is 0.348.